The Balaban J connectivity index is 1.93. The van der Waals surface area contributed by atoms with Crippen LogP contribution in [0.1, 0.15) is 43.1 Å². The summed E-state index contributed by atoms with van der Waals surface area (Å²) in [6.45, 7) is 2.80. The van der Waals surface area contributed by atoms with Crippen molar-refractivity contribution in [1.82, 2.24) is 15.1 Å². The molecule has 1 aromatic carbocycles. The van der Waals surface area contributed by atoms with E-state index in [2.05, 4.69) is 10.2 Å². The number of fused-ring (bicyclic) bond motifs is 1. The molecule has 1 aliphatic carbocycles. The molecule has 1 saturated carbocycles. The lowest BCUT2D eigenvalue weighted by Gasteiger charge is -2.26. The molecule has 4 heteroatoms. The van der Waals surface area contributed by atoms with E-state index in [1.165, 1.54) is 12.8 Å². The van der Waals surface area contributed by atoms with Gasteiger partial charge in [-0.25, -0.2) is 0 Å². The number of amides is 1. The number of aromatic nitrogens is 2. The molecule has 1 fully saturated rings. The van der Waals surface area contributed by atoms with Crippen LogP contribution in [0.25, 0.3) is 10.9 Å². The van der Waals surface area contributed by atoms with Gasteiger partial charge in [0.2, 0.25) is 0 Å². The van der Waals surface area contributed by atoms with Gasteiger partial charge in [0.25, 0.3) is 5.91 Å². The summed E-state index contributed by atoms with van der Waals surface area (Å²) in [4.78, 5) is 14.7. The van der Waals surface area contributed by atoms with Gasteiger partial charge in [-0.15, -0.1) is 0 Å². The average Bonchev–Trinajstić information content (AvgIpc) is 3.08. The fourth-order valence-corrected chi connectivity index (χ4v) is 3.05. The molecule has 1 heterocycles. The summed E-state index contributed by atoms with van der Waals surface area (Å²) in [5, 5.41) is 8.08. The summed E-state index contributed by atoms with van der Waals surface area (Å²) in [7, 11) is 0. The maximum atomic E-state index is 12.7. The van der Waals surface area contributed by atoms with E-state index >= 15 is 0 Å². The lowest BCUT2D eigenvalue weighted by Crippen LogP contribution is -2.38. The van der Waals surface area contributed by atoms with Crippen molar-refractivity contribution in [3.63, 3.8) is 0 Å². The quantitative estimate of drug-likeness (QED) is 0.919. The van der Waals surface area contributed by atoms with E-state index in [1.54, 1.807) is 0 Å². The van der Waals surface area contributed by atoms with Crippen LogP contribution in [0.4, 0.5) is 0 Å². The number of nitrogens with one attached hydrogen (secondary N) is 1. The zero-order valence-corrected chi connectivity index (χ0v) is 11.2. The molecule has 0 bridgehead atoms. The number of para-hydroxylation sites is 1. The van der Waals surface area contributed by atoms with Crippen molar-refractivity contribution in [2.24, 2.45) is 0 Å². The van der Waals surface area contributed by atoms with Gasteiger partial charge in [-0.05, 0) is 25.8 Å². The lowest BCUT2D eigenvalue weighted by atomic mass is 10.1. The zero-order valence-electron chi connectivity index (χ0n) is 11.2. The highest BCUT2D eigenvalue weighted by Crippen LogP contribution is 2.26. The highest BCUT2D eigenvalue weighted by atomic mass is 16.2. The second-order valence-electron chi connectivity index (χ2n) is 5.15. The molecule has 0 unspecified atom stereocenters. The van der Waals surface area contributed by atoms with Crippen LogP contribution >= 0.6 is 0 Å². The van der Waals surface area contributed by atoms with Crippen LogP contribution in [-0.4, -0.2) is 33.6 Å². The first kappa shape index (κ1) is 12.2. The normalized spacial score (nSPS) is 16.1. The predicted molar refractivity (Wildman–Crippen MR) is 75.1 cm³/mol. The first-order valence-electron chi connectivity index (χ1n) is 7.05. The number of rotatable bonds is 3. The van der Waals surface area contributed by atoms with E-state index in [-0.39, 0.29) is 5.91 Å². The number of aromatic amines is 1. The Morgan fingerprint density at radius 1 is 1.37 bits per heavy atom. The van der Waals surface area contributed by atoms with Gasteiger partial charge in [-0.1, -0.05) is 31.0 Å². The number of hydrogen-bond acceptors (Lipinski definition) is 2. The monoisotopic (exact) mass is 257 g/mol. The third-order valence-electron chi connectivity index (χ3n) is 4.04. The predicted octanol–water partition coefficient (Wildman–Crippen LogP) is 2.97. The van der Waals surface area contributed by atoms with Crippen LogP contribution in [0.3, 0.4) is 0 Å². The third-order valence-corrected chi connectivity index (χ3v) is 4.04. The number of H-pyrrole nitrogens is 1. The summed E-state index contributed by atoms with van der Waals surface area (Å²) in [6.07, 6.45) is 4.72. The minimum atomic E-state index is 0.0619. The van der Waals surface area contributed by atoms with Gasteiger partial charge >= 0.3 is 0 Å². The van der Waals surface area contributed by atoms with E-state index in [9.17, 15) is 4.79 Å². The summed E-state index contributed by atoms with van der Waals surface area (Å²) in [5.74, 6) is 0.0619. The topological polar surface area (TPSA) is 49.0 Å². The molecule has 0 radical (unpaired) electrons. The van der Waals surface area contributed by atoms with E-state index in [1.807, 2.05) is 36.1 Å². The number of hydrogen-bond donors (Lipinski definition) is 1. The Morgan fingerprint density at radius 3 is 2.84 bits per heavy atom. The molecule has 0 saturated heterocycles. The Kier molecular flexibility index (Phi) is 3.23. The Hall–Kier alpha value is -1.84. The lowest BCUT2D eigenvalue weighted by molar-refractivity contribution is 0.0689. The van der Waals surface area contributed by atoms with Gasteiger partial charge < -0.3 is 4.90 Å². The molecule has 19 heavy (non-hydrogen) atoms. The van der Waals surface area contributed by atoms with Crippen LogP contribution in [-0.2, 0) is 0 Å². The Labute approximate surface area is 112 Å². The van der Waals surface area contributed by atoms with Crippen molar-refractivity contribution in [3.05, 3.63) is 30.0 Å². The van der Waals surface area contributed by atoms with Crippen molar-refractivity contribution in [2.45, 2.75) is 38.6 Å². The van der Waals surface area contributed by atoms with Gasteiger partial charge in [-0.2, -0.15) is 5.10 Å². The SMILES string of the molecule is CCN(C(=O)c1n[nH]c2ccccc12)C1CCCC1. The summed E-state index contributed by atoms with van der Waals surface area (Å²) < 4.78 is 0. The number of carbonyl (C=O) groups excluding carboxylic acids is 1. The van der Waals surface area contributed by atoms with E-state index in [0.717, 1.165) is 30.3 Å². The summed E-state index contributed by atoms with van der Waals surface area (Å²) in [6, 6.07) is 8.19. The van der Waals surface area contributed by atoms with Crippen molar-refractivity contribution >= 4 is 16.8 Å². The van der Waals surface area contributed by atoms with Crippen molar-refractivity contribution in [3.8, 4) is 0 Å². The van der Waals surface area contributed by atoms with E-state index in [4.69, 9.17) is 0 Å². The minimum Gasteiger partial charge on any atom is -0.335 e. The zero-order chi connectivity index (χ0) is 13.2. The first-order chi connectivity index (χ1) is 9.31. The standard InChI is InChI=1S/C15H19N3O/c1-2-18(11-7-3-4-8-11)15(19)14-12-9-5-6-10-13(12)16-17-14/h5-6,9-11H,2-4,7-8H2,1H3,(H,16,17). The van der Waals surface area contributed by atoms with Gasteiger partial charge in [0.1, 0.15) is 0 Å². The first-order valence-corrected chi connectivity index (χ1v) is 7.05. The summed E-state index contributed by atoms with van der Waals surface area (Å²) >= 11 is 0. The molecule has 0 spiro atoms. The van der Waals surface area contributed by atoms with Gasteiger partial charge in [-0.3, -0.25) is 9.89 Å². The summed E-state index contributed by atoms with van der Waals surface area (Å²) in [5.41, 5.74) is 1.48. The smallest absolute Gasteiger partial charge is 0.275 e. The van der Waals surface area contributed by atoms with E-state index < -0.39 is 0 Å². The molecule has 1 amide bonds. The number of nitrogens with zero attached hydrogens (tertiary/aromatic N) is 2. The molecule has 2 aromatic rings. The van der Waals surface area contributed by atoms with Crippen LogP contribution in [0.2, 0.25) is 0 Å². The Bertz CT molecular complexity index is 584. The fourth-order valence-electron chi connectivity index (χ4n) is 3.05. The van der Waals surface area contributed by atoms with Crippen molar-refractivity contribution < 1.29 is 4.79 Å². The molecular weight excluding hydrogens is 238 g/mol. The largest absolute Gasteiger partial charge is 0.335 e. The second kappa shape index (κ2) is 5.03. The molecule has 1 aliphatic rings. The molecule has 4 nitrogen and oxygen atoms in total. The third kappa shape index (κ3) is 2.11. The maximum absolute atomic E-state index is 12.7. The molecule has 3 rings (SSSR count). The fraction of sp³-hybridized carbons (Fsp3) is 0.467. The molecule has 0 aliphatic heterocycles. The van der Waals surface area contributed by atoms with Crippen LogP contribution in [0.15, 0.2) is 24.3 Å². The highest BCUT2D eigenvalue weighted by molar-refractivity contribution is 6.04. The van der Waals surface area contributed by atoms with Crippen molar-refractivity contribution in [2.75, 3.05) is 6.54 Å². The van der Waals surface area contributed by atoms with Crippen molar-refractivity contribution in [1.29, 1.82) is 0 Å². The average molecular weight is 257 g/mol. The second-order valence-corrected chi connectivity index (χ2v) is 5.15. The highest BCUT2D eigenvalue weighted by Gasteiger charge is 2.28. The van der Waals surface area contributed by atoms with Crippen LogP contribution < -0.4 is 0 Å². The number of benzene rings is 1. The van der Waals surface area contributed by atoms with E-state index in [0.29, 0.717) is 11.7 Å². The van der Waals surface area contributed by atoms with Gasteiger partial charge in [0, 0.05) is 18.0 Å². The molecule has 0 atom stereocenters. The number of carbonyl (C=O) groups is 1. The minimum absolute atomic E-state index is 0.0619. The van der Waals surface area contributed by atoms with Gasteiger partial charge in [0.15, 0.2) is 5.69 Å². The Morgan fingerprint density at radius 2 is 2.11 bits per heavy atom. The van der Waals surface area contributed by atoms with Crippen LogP contribution in [0, 0.1) is 0 Å². The molecular formula is C15H19N3O. The molecule has 1 N–H and O–H groups in total. The molecule has 100 valence electrons. The van der Waals surface area contributed by atoms with Gasteiger partial charge in [0.05, 0.1) is 5.52 Å². The molecule has 1 aromatic heterocycles. The maximum Gasteiger partial charge on any atom is 0.275 e. The van der Waals surface area contributed by atoms with Crippen LogP contribution in [0.5, 0.6) is 0 Å².